The average Bonchev–Trinajstić information content (AvgIpc) is 3.86. The minimum atomic E-state index is 1.17. The van der Waals surface area contributed by atoms with E-state index in [0.29, 0.717) is 0 Å². The van der Waals surface area contributed by atoms with Gasteiger partial charge in [0.1, 0.15) is 0 Å². The molecule has 2 nitrogen and oxygen atoms in total. The molecule has 0 amide bonds. The van der Waals surface area contributed by atoms with Crippen LogP contribution in [0.3, 0.4) is 0 Å². The summed E-state index contributed by atoms with van der Waals surface area (Å²) in [6, 6.07) is 66.6. The monoisotopic (exact) mass is 666 g/mol. The van der Waals surface area contributed by atoms with Crippen LogP contribution < -0.4 is 0 Å². The van der Waals surface area contributed by atoms with Gasteiger partial charge in [0.15, 0.2) is 0 Å². The molecule has 0 spiro atoms. The smallest absolute Gasteiger partial charge is 0.0547 e. The first-order valence-electron chi connectivity index (χ1n) is 17.4. The Bertz CT molecular complexity index is 3130. The van der Waals surface area contributed by atoms with E-state index in [0.717, 1.165) is 0 Å². The number of fused-ring (bicyclic) bond motifs is 9. The summed E-state index contributed by atoms with van der Waals surface area (Å²) in [5, 5.41) is 7.73. The predicted octanol–water partition coefficient (Wildman–Crippen LogP) is 13.6. The molecular weight excluding hydrogens is 637 g/mol. The number of nitrogens with zero attached hydrogens (tertiary/aromatic N) is 2. The van der Waals surface area contributed by atoms with Crippen molar-refractivity contribution in [1.29, 1.82) is 0 Å². The lowest BCUT2D eigenvalue weighted by Gasteiger charge is -2.10. The molecule has 0 aliphatic heterocycles. The molecule has 0 aliphatic carbocycles. The molecule has 0 aliphatic rings. The fraction of sp³-hybridized carbons (Fsp3) is 0. The Morgan fingerprint density at radius 2 is 0.843 bits per heavy atom. The van der Waals surface area contributed by atoms with Crippen LogP contribution in [0.1, 0.15) is 0 Å². The molecular formula is C48H30N2S. The van der Waals surface area contributed by atoms with E-state index in [9.17, 15) is 0 Å². The SMILES string of the molecule is c1ccc(-n2c3ccccc3c3cc(-c4ccc5sc6cccc(-c7cccc8c7c7ccccc7n8-c7ccccc7)c6c5c4)ccc32)cc1. The molecule has 0 saturated heterocycles. The van der Waals surface area contributed by atoms with Gasteiger partial charge in [-0.3, -0.25) is 0 Å². The highest BCUT2D eigenvalue weighted by Crippen LogP contribution is 2.45. The summed E-state index contributed by atoms with van der Waals surface area (Å²) in [5.74, 6) is 0. The first kappa shape index (κ1) is 28.4. The largest absolute Gasteiger partial charge is 0.309 e. The topological polar surface area (TPSA) is 9.86 Å². The van der Waals surface area contributed by atoms with Crippen LogP contribution in [0.15, 0.2) is 182 Å². The Balaban J connectivity index is 1.14. The zero-order valence-electron chi connectivity index (χ0n) is 27.6. The summed E-state index contributed by atoms with van der Waals surface area (Å²) in [6.07, 6.45) is 0. The van der Waals surface area contributed by atoms with Gasteiger partial charge in [-0.1, -0.05) is 109 Å². The van der Waals surface area contributed by atoms with E-state index >= 15 is 0 Å². The summed E-state index contributed by atoms with van der Waals surface area (Å²) in [6.45, 7) is 0. The first-order chi connectivity index (χ1) is 25.3. The van der Waals surface area contributed by atoms with Gasteiger partial charge in [-0.2, -0.15) is 0 Å². The van der Waals surface area contributed by atoms with Gasteiger partial charge in [-0.05, 0) is 95.1 Å². The molecule has 238 valence electrons. The molecule has 0 fully saturated rings. The molecule has 0 saturated carbocycles. The van der Waals surface area contributed by atoms with Gasteiger partial charge in [0.05, 0.1) is 22.1 Å². The Kier molecular flexibility index (Phi) is 6.16. The normalized spacial score (nSPS) is 11.9. The van der Waals surface area contributed by atoms with E-state index in [2.05, 4.69) is 191 Å². The third-order valence-electron chi connectivity index (χ3n) is 10.5. The molecule has 11 aromatic rings. The highest BCUT2D eigenvalue weighted by Gasteiger charge is 2.19. The molecule has 51 heavy (non-hydrogen) atoms. The van der Waals surface area contributed by atoms with Crippen molar-refractivity contribution in [2.24, 2.45) is 0 Å². The summed E-state index contributed by atoms with van der Waals surface area (Å²) < 4.78 is 7.40. The molecule has 0 atom stereocenters. The van der Waals surface area contributed by atoms with Crippen LogP contribution in [0.25, 0.3) is 97.4 Å². The quantitative estimate of drug-likeness (QED) is 0.177. The van der Waals surface area contributed by atoms with E-state index < -0.39 is 0 Å². The number of rotatable bonds is 4. The minimum Gasteiger partial charge on any atom is -0.309 e. The van der Waals surface area contributed by atoms with E-state index in [1.54, 1.807) is 0 Å². The highest BCUT2D eigenvalue weighted by molar-refractivity contribution is 7.26. The molecule has 3 heterocycles. The van der Waals surface area contributed by atoms with Crippen LogP contribution in [-0.4, -0.2) is 9.13 Å². The van der Waals surface area contributed by atoms with Crippen molar-refractivity contribution in [3.8, 4) is 33.6 Å². The highest BCUT2D eigenvalue weighted by atomic mass is 32.1. The second-order valence-corrected chi connectivity index (χ2v) is 14.4. The van der Waals surface area contributed by atoms with E-state index in [4.69, 9.17) is 0 Å². The van der Waals surface area contributed by atoms with Crippen LogP contribution in [0.5, 0.6) is 0 Å². The van der Waals surface area contributed by atoms with Crippen molar-refractivity contribution in [2.45, 2.75) is 0 Å². The molecule has 3 aromatic heterocycles. The lowest BCUT2D eigenvalue weighted by atomic mass is 9.94. The van der Waals surface area contributed by atoms with Crippen LogP contribution >= 0.6 is 11.3 Å². The minimum absolute atomic E-state index is 1.17. The van der Waals surface area contributed by atoms with Crippen molar-refractivity contribution in [3.63, 3.8) is 0 Å². The standard InChI is InChI=1S/C48H30N2S/c1-3-13-33(14-4-1)49-41-21-9-7-17-35(41)39-29-31(25-27-43(39)49)32-26-28-45-40(30-32)48-37(20-12-24-46(48)51-45)36-19-11-23-44-47(36)38-18-8-10-22-42(38)50(44)34-15-5-2-6-16-34/h1-30H. The van der Waals surface area contributed by atoms with Gasteiger partial charge < -0.3 is 9.13 Å². The fourth-order valence-electron chi connectivity index (χ4n) is 8.34. The summed E-state index contributed by atoms with van der Waals surface area (Å²) in [5.41, 5.74) is 12.2. The van der Waals surface area contributed by atoms with Crippen molar-refractivity contribution in [2.75, 3.05) is 0 Å². The molecule has 0 bridgehead atoms. The maximum Gasteiger partial charge on any atom is 0.0547 e. The van der Waals surface area contributed by atoms with E-state index in [1.165, 1.54) is 97.4 Å². The molecule has 11 rings (SSSR count). The van der Waals surface area contributed by atoms with Crippen LogP contribution in [0.2, 0.25) is 0 Å². The third kappa shape index (κ3) is 4.22. The van der Waals surface area contributed by atoms with Crippen molar-refractivity contribution in [3.05, 3.63) is 182 Å². The van der Waals surface area contributed by atoms with Crippen LogP contribution in [-0.2, 0) is 0 Å². The number of aromatic nitrogens is 2. The third-order valence-corrected chi connectivity index (χ3v) is 11.7. The number of hydrogen-bond acceptors (Lipinski definition) is 1. The Morgan fingerprint density at radius 3 is 1.59 bits per heavy atom. The molecule has 0 radical (unpaired) electrons. The lowest BCUT2D eigenvalue weighted by molar-refractivity contribution is 1.18. The fourth-order valence-corrected chi connectivity index (χ4v) is 9.45. The van der Waals surface area contributed by atoms with Crippen LogP contribution in [0, 0.1) is 0 Å². The number of benzene rings is 8. The summed E-state index contributed by atoms with van der Waals surface area (Å²) >= 11 is 1.88. The van der Waals surface area contributed by atoms with Crippen molar-refractivity contribution < 1.29 is 0 Å². The van der Waals surface area contributed by atoms with Crippen molar-refractivity contribution >= 4 is 75.1 Å². The van der Waals surface area contributed by atoms with Gasteiger partial charge in [0, 0.05) is 53.1 Å². The Morgan fingerprint density at radius 1 is 0.314 bits per heavy atom. The Hall–Kier alpha value is -6.42. The lowest BCUT2D eigenvalue weighted by Crippen LogP contribution is -1.93. The molecule has 3 heteroatoms. The summed E-state index contributed by atoms with van der Waals surface area (Å²) in [7, 11) is 0. The van der Waals surface area contributed by atoms with Gasteiger partial charge in [0.2, 0.25) is 0 Å². The van der Waals surface area contributed by atoms with Gasteiger partial charge in [0.25, 0.3) is 0 Å². The molecule has 8 aromatic carbocycles. The average molecular weight is 667 g/mol. The van der Waals surface area contributed by atoms with E-state index in [-0.39, 0.29) is 0 Å². The van der Waals surface area contributed by atoms with Gasteiger partial charge in [-0.15, -0.1) is 11.3 Å². The molecule has 0 unspecified atom stereocenters. The first-order valence-corrected chi connectivity index (χ1v) is 18.3. The second-order valence-electron chi connectivity index (χ2n) is 13.3. The maximum absolute atomic E-state index is 2.42. The maximum atomic E-state index is 2.42. The Labute approximate surface area is 298 Å². The van der Waals surface area contributed by atoms with Crippen molar-refractivity contribution in [1.82, 2.24) is 9.13 Å². The number of thiophene rings is 1. The predicted molar refractivity (Wildman–Crippen MR) is 219 cm³/mol. The number of hydrogen-bond donors (Lipinski definition) is 0. The zero-order chi connectivity index (χ0) is 33.5. The second kappa shape index (κ2) is 11.0. The van der Waals surface area contributed by atoms with Gasteiger partial charge in [-0.25, -0.2) is 0 Å². The van der Waals surface area contributed by atoms with Crippen LogP contribution in [0.4, 0.5) is 0 Å². The van der Waals surface area contributed by atoms with E-state index in [1.807, 2.05) is 11.3 Å². The summed E-state index contributed by atoms with van der Waals surface area (Å²) in [4.78, 5) is 0. The zero-order valence-corrected chi connectivity index (χ0v) is 28.4. The number of para-hydroxylation sites is 4. The molecule has 0 N–H and O–H groups in total. The van der Waals surface area contributed by atoms with Gasteiger partial charge >= 0.3 is 0 Å².